The highest BCUT2D eigenvalue weighted by Gasteiger charge is 2.32. The van der Waals surface area contributed by atoms with Gasteiger partial charge in [0.25, 0.3) is 0 Å². The number of nitrogens with zero attached hydrogens (tertiary/aromatic N) is 6. The fourth-order valence-corrected chi connectivity index (χ4v) is 2.97. The van der Waals surface area contributed by atoms with Gasteiger partial charge in [-0.1, -0.05) is 0 Å². The van der Waals surface area contributed by atoms with Crippen molar-refractivity contribution in [1.29, 1.82) is 5.26 Å². The van der Waals surface area contributed by atoms with Gasteiger partial charge < -0.3 is 19.0 Å². The Kier molecular flexibility index (Phi) is 4.16. The number of carbonyl (C=O) groups is 1. The lowest BCUT2D eigenvalue weighted by molar-refractivity contribution is 0.0592. The topological polar surface area (TPSA) is 108 Å². The maximum absolute atomic E-state index is 11.4. The van der Waals surface area contributed by atoms with Crippen molar-refractivity contribution in [2.24, 2.45) is 0 Å². The molecule has 9 nitrogen and oxygen atoms in total. The number of hydrogen-bond donors (Lipinski definition) is 0. The third-order valence-corrected chi connectivity index (χ3v) is 4.59. The fourth-order valence-electron chi connectivity index (χ4n) is 2.97. The number of aromatic nitrogens is 3. The van der Waals surface area contributed by atoms with E-state index in [-0.39, 0.29) is 5.69 Å². The fraction of sp³-hybridized carbons (Fsp3) is 0.471. The highest BCUT2D eigenvalue weighted by molar-refractivity contribution is 5.87. The van der Waals surface area contributed by atoms with Crippen molar-refractivity contribution in [3.63, 3.8) is 0 Å². The predicted octanol–water partition coefficient (Wildman–Crippen LogP) is 1.33. The molecule has 2 fully saturated rings. The Labute approximate surface area is 150 Å². The number of esters is 1. The molecule has 0 spiro atoms. The number of anilines is 2. The van der Waals surface area contributed by atoms with E-state index in [9.17, 15) is 10.1 Å². The average molecular weight is 354 g/mol. The standard InChI is InChI=1S/C17H18N6O3/c1-25-17(24)12-4-5-14(21-20-12)22-6-8-23(9-7-22)16-13(10-18)19-15(26-16)11-2-3-11/h4-5,11H,2-3,6-9H2,1H3. The van der Waals surface area contributed by atoms with E-state index in [1.165, 1.54) is 7.11 Å². The van der Waals surface area contributed by atoms with E-state index < -0.39 is 5.97 Å². The summed E-state index contributed by atoms with van der Waals surface area (Å²) in [4.78, 5) is 19.9. The van der Waals surface area contributed by atoms with Gasteiger partial charge in [0, 0.05) is 32.1 Å². The summed E-state index contributed by atoms with van der Waals surface area (Å²) in [5, 5.41) is 17.3. The van der Waals surface area contributed by atoms with E-state index in [0.717, 1.165) is 12.8 Å². The molecule has 134 valence electrons. The van der Waals surface area contributed by atoms with Crippen molar-refractivity contribution in [3.8, 4) is 6.07 Å². The van der Waals surface area contributed by atoms with Gasteiger partial charge in [0.2, 0.25) is 17.5 Å². The molecule has 1 saturated carbocycles. The van der Waals surface area contributed by atoms with E-state index in [0.29, 0.717) is 55.4 Å². The third kappa shape index (κ3) is 3.06. The van der Waals surface area contributed by atoms with E-state index in [1.807, 2.05) is 4.90 Å². The smallest absolute Gasteiger partial charge is 0.358 e. The van der Waals surface area contributed by atoms with Crippen LogP contribution in [0.25, 0.3) is 0 Å². The molecule has 9 heteroatoms. The molecule has 0 N–H and O–H groups in total. The van der Waals surface area contributed by atoms with Crippen molar-refractivity contribution in [3.05, 3.63) is 29.4 Å². The summed E-state index contributed by atoms with van der Waals surface area (Å²) in [6.45, 7) is 2.79. The minimum absolute atomic E-state index is 0.183. The Balaban J connectivity index is 1.43. The Morgan fingerprint density at radius 3 is 2.54 bits per heavy atom. The zero-order valence-electron chi connectivity index (χ0n) is 14.4. The summed E-state index contributed by atoms with van der Waals surface area (Å²) >= 11 is 0. The van der Waals surface area contributed by atoms with Gasteiger partial charge in [-0.25, -0.2) is 9.78 Å². The molecule has 0 unspecified atom stereocenters. The van der Waals surface area contributed by atoms with Gasteiger partial charge in [-0.05, 0) is 25.0 Å². The number of ether oxygens (including phenoxy) is 1. The average Bonchev–Trinajstić information content (AvgIpc) is 3.46. The molecule has 2 aromatic heterocycles. The lowest BCUT2D eigenvalue weighted by Gasteiger charge is -2.34. The second-order valence-corrected chi connectivity index (χ2v) is 6.33. The maximum atomic E-state index is 11.4. The molecule has 0 bridgehead atoms. The van der Waals surface area contributed by atoms with E-state index in [2.05, 4.69) is 30.9 Å². The number of oxazole rings is 1. The largest absolute Gasteiger partial charge is 0.464 e. The van der Waals surface area contributed by atoms with Gasteiger partial charge in [0.05, 0.1) is 7.11 Å². The molecule has 4 rings (SSSR count). The highest BCUT2D eigenvalue weighted by atomic mass is 16.5. The zero-order valence-corrected chi connectivity index (χ0v) is 14.4. The maximum Gasteiger partial charge on any atom is 0.358 e. The SMILES string of the molecule is COC(=O)c1ccc(N2CCN(c3oc(C4CC4)nc3C#N)CC2)nn1. The van der Waals surface area contributed by atoms with Crippen molar-refractivity contribution >= 4 is 17.7 Å². The van der Waals surface area contributed by atoms with Gasteiger partial charge in [0.1, 0.15) is 6.07 Å². The summed E-state index contributed by atoms with van der Waals surface area (Å²) in [7, 11) is 1.31. The van der Waals surface area contributed by atoms with Crippen LogP contribution >= 0.6 is 0 Å². The zero-order chi connectivity index (χ0) is 18.1. The van der Waals surface area contributed by atoms with Crippen LogP contribution in [0.5, 0.6) is 0 Å². The highest BCUT2D eigenvalue weighted by Crippen LogP contribution is 2.41. The van der Waals surface area contributed by atoms with Crippen LogP contribution in [0.3, 0.4) is 0 Å². The first-order valence-corrected chi connectivity index (χ1v) is 8.52. The summed E-state index contributed by atoms with van der Waals surface area (Å²) in [5.74, 6) is 1.83. The molecule has 1 aliphatic heterocycles. The van der Waals surface area contributed by atoms with Gasteiger partial charge >= 0.3 is 5.97 Å². The van der Waals surface area contributed by atoms with Crippen LogP contribution < -0.4 is 9.80 Å². The van der Waals surface area contributed by atoms with Gasteiger partial charge in [-0.2, -0.15) is 5.26 Å². The number of rotatable bonds is 4. The van der Waals surface area contributed by atoms with Crippen molar-refractivity contribution in [1.82, 2.24) is 15.2 Å². The summed E-state index contributed by atoms with van der Waals surface area (Å²) in [6.07, 6.45) is 2.16. The van der Waals surface area contributed by atoms with Gasteiger partial charge in [-0.3, -0.25) is 0 Å². The summed E-state index contributed by atoms with van der Waals surface area (Å²) in [6, 6.07) is 5.50. The minimum Gasteiger partial charge on any atom is -0.464 e. The third-order valence-electron chi connectivity index (χ3n) is 4.59. The normalized spacial score (nSPS) is 17.1. The quantitative estimate of drug-likeness (QED) is 0.751. The van der Waals surface area contributed by atoms with Crippen molar-refractivity contribution in [2.45, 2.75) is 18.8 Å². The summed E-state index contributed by atoms with van der Waals surface area (Å²) in [5.41, 5.74) is 0.547. The molecule has 3 heterocycles. The Hall–Kier alpha value is -3.15. The van der Waals surface area contributed by atoms with E-state index in [4.69, 9.17) is 4.42 Å². The second kappa shape index (κ2) is 6.63. The Morgan fingerprint density at radius 1 is 1.23 bits per heavy atom. The van der Waals surface area contributed by atoms with E-state index >= 15 is 0 Å². The molecule has 1 saturated heterocycles. The number of methoxy groups -OCH3 is 1. The van der Waals surface area contributed by atoms with Gasteiger partial charge in [0.15, 0.2) is 11.5 Å². The van der Waals surface area contributed by atoms with Gasteiger partial charge in [-0.15, -0.1) is 10.2 Å². The second-order valence-electron chi connectivity index (χ2n) is 6.33. The van der Waals surface area contributed by atoms with Crippen LogP contribution in [0.15, 0.2) is 16.5 Å². The lowest BCUT2D eigenvalue weighted by Crippen LogP contribution is -2.47. The molecule has 0 aromatic carbocycles. The first kappa shape index (κ1) is 16.3. The van der Waals surface area contributed by atoms with Crippen LogP contribution in [-0.4, -0.2) is 54.4 Å². The number of hydrogen-bond acceptors (Lipinski definition) is 9. The summed E-state index contributed by atoms with van der Waals surface area (Å²) < 4.78 is 10.5. The number of piperazine rings is 1. The predicted molar refractivity (Wildman–Crippen MR) is 91.0 cm³/mol. The first-order valence-electron chi connectivity index (χ1n) is 8.52. The molecule has 0 amide bonds. The molecule has 0 radical (unpaired) electrons. The number of nitriles is 1. The van der Waals surface area contributed by atoms with Crippen LogP contribution in [0.1, 0.15) is 40.8 Å². The Bertz CT molecular complexity index is 844. The monoisotopic (exact) mass is 354 g/mol. The van der Waals surface area contributed by atoms with Crippen LogP contribution in [0.4, 0.5) is 11.7 Å². The molecule has 0 atom stereocenters. The van der Waals surface area contributed by atoms with Crippen LogP contribution in [-0.2, 0) is 4.74 Å². The van der Waals surface area contributed by atoms with Crippen LogP contribution in [0.2, 0.25) is 0 Å². The molecule has 1 aliphatic carbocycles. The Morgan fingerprint density at radius 2 is 1.96 bits per heavy atom. The molecule has 2 aliphatic rings. The number of carbonyl (C=O) groups excluding carboxylic acids is 1. The van der Waals surface area contributed by atoms with E-state index in [1.54, 1.807) is 12.1 Å². The van der Waals surface area contributed by atoms with Crippen molar-refractivity contribution in [2.75, 3.05) is 43.1 Å². The van der Waals surface area contributed by atoms with Crippen LogP contribution in [0, 0.1) is 11.3 Å². The van der Waals surface area contributed by atoms with Crippen molar-refractivity contribution < 1.29 is 13.9 Å². The molecule has 26 heavy (non-hydrogen) atoms. The minimum atomic E-state index is -0.505. The molecular formula is C17H18N6O3. The first-order chi connectivity index (χ1) is 12.7. The lowest BCUT2D eigenvalue weighted by atomic mass is 10.3. The molecular weight excluding hydrogens is 336 g/mol. The molecule has 2 aromatic rings.